The summed E-state index contributed by atoms with van der Waals surface area (Å²) in [5.41, 5.74) is 5.24. The van der Waals surface area contributed by atoms with Crippen molar-refractivity contribution in [3.05, 3.63) is 66.7 Å². The Morgan fingerprint density at radius 3 is 2.42 bits per heavy atom. The zero-order valence-corrected chi connectivity index (χ0v) is 15.0. The maximum Gasteiger partial charge on any atom is 0.0588 e. The lowest BCUT2D eigenvalue weighted by Crippen LogP contribution is -2.19. The summed E-state index contributed by atoms with van der Waals surface area (Å²) in [6, 6.07) is 13.3. The van der Waals surface area contributed by atoms with Crippen LogP contribution < -0.4 is 5.32 Å². The van der Waals surface area contributed by atoms with E-state index in [0.717, 1.165) is 4.47 Å². The van der Waals surface area contributed by atoms with Crippen molar-refractivity contribution < 1.29 is 0 Å². The van der Waals surface area contributed by atoms with E-state index in [0.29, 0.717) is 0 Å². The molecule has 2 aromatic rings. The van der Waals surface area contributed by atoms with Gasteiger partial charge in [-0.2, -0.15) is 0 Å². The Bertz CT molecular complexity index is 595. The second-order valence-corrected chi connectivity index (χ2v) is 6.85. The van der Waals surface area contributed by atoms with Crippen LogP contribution in [0.25, 0.3) is 0 Å². The Balaban J connectivity index is 2.52. The SMILES string of the molecule is CNC(c1ccc(C)cc1C)c1cc(I)ccc1Br. The van der Waals surface area contributed by atoms with Crippen LogP contribution in [0.15, 0.2) is 40.9 Å². The number of nitrogens with one attached hydrogen (secondary N) is 1. The van der Waals surface area contributed by atoms with E-state index in [1.54, 1.807) is 0 Å². The van der Waals surface area contributed by atoms with Gasteiger partial charge in [0.05, 0.1) is 6.04 Å². The average Bonchev–Trinajstić information content (AvgIpc) is 2.36. The van der Waals surface area contributed by atoms with Crippen molar-refractivity contribution in [1.29, 1.82) is 0 Å². The van der Waals surface area contributed by atoms with Crippen molar-refractivity contribution in [3.8, 4) is 0 Å². The molecular formula is C16H17BrIN. The largest absolute Gasteiger partial charge is 0.309 e. The number of benzene rings is 2. The highest BCUT2D eigenvalue weighted by Gasteiger charge is 2.17. The Morgan fingerprint density at radius 2 is 1.79 bits per heavy atom. The minimum absolute atomic E-state index is 0.213. The molecule has 1 unspecified atom stereocenters. The average molecular weight is 430 g/mol. The zero-order valence-electron chi connectivity index (χ0n) is 11.3. The fourth-order valence-electron chi connectivity index (χ4n) is 2.36. The number of hydrogen-bond donors (Lipinski definition) is 1. The molecule has 1 N–H and O–H groups in total. The molecule has 0 heterocycles. The van der Waals surface area contributed by atoms with E-state index >= 15 is 0 Å². The molecule has 1 nitrogen and oxygen atoms in total. The lowest BCUT2D eigenvalue weighted by molar-refractivity contribution is 0.684. The molecule has 0 saturated heterocycles. The Hall–Kier alpha value is -0.390. The second kappa shape index (κ2) is 6.37. The lowest BCUT2D eigenvalue weighted by atomic mass is 9.94. The molecule has 0 radical (unpaired) electrons. The first-order valence-corrected chi connectivity index (χ1v) is 8.09. The number of halogens is 2. The Labute approximate surface area is 137 Å². The summed E-state index contributed by atoms with van der Waals surface area (Å²) in [6.07, 6.45) is 0. The Kier molecular flexibility index (Phi) is 5.03. The fraction of sp³-hybridized carbons (Fsp3) is 0.250. The first-order valence-electron chi connectivity index (χ1n) is 6.22. The minimum Gasteiger partial charge on any atom is -0.309 e. The smallest absolute Gasteiger partial charge is 0.0588 e. The van der Waals surface area contributed by atoms with Gasteiger partial charge in [-0.3, -0.25) is 0 Å². The summed E-state index contributed by atoms with van der Waals surface area (Å²) in [6.45, 7) is 4.31. The molecule has 3 heteroatoms. The van der Waals surface area contributed by atoms with E-state index in [-0.39, 0.29) is 6.04 Å². The summed E-state index contributed by atoms with van der Waals surface area (Å²) in [4.78, 5) is 0. The van der Waals surface area contributed by atoms with E-state index in [4.69, 9.17) is 0 Å². The van der Waals surface area contributed by atoms with E-state index in [2.05, 4.69) is 94.1 Å². The third kappa shape index (κ3) is 3.38. The van der Waals surface area contributed by atoms with E-state index in [1.807, 2.05) is 7.05 Å². The standard InChI is InChI=1S/C16H17BrIN/c1-10-4-6-13(11(2)8-10)16(19-3)14-9-12(18)5-7-15(14)17/h4-9,16,19H,1-3H3. The molecule has 2 aromatic carbocycles. The molecule has 0 saturated carbocycles. The molecule has 0 aliphatic rings. The number of rotatable bonds is 3. The molecule has 0 fully saturated rings. The van der Waals surface area contributed by atoms with Crippen molar-refractivity contribution in [2.24, 2.45) is 0 Å². The van der Waals surface area contributed by atoms with Gasteiger partial charge in [0.15, 0.2) is 0 Å². The summed E-state index contributed by atoms with van der Waals surface area (Å²) in [5, 5.41) is 3.43. The molecule has 0 aromatic heterocycles. The highest BCUT2D eigenvalue weighted by Crippen LogP contribution is 2.31. The van der Waals surface area contributed by atoms with Crippen LogP contribution in [0.4, 0.5) is 0 Å². The van der Waals surface area contributed by atoms with Gasteiger partial charge in [0.2, 0.25) is 0 Å². The van der Waals surface area contributed by atoms with Crippen molar-refractivity contribution >= 4 is 38.5 Å². The van der Waals surface area contributed by atoms with Crippen LogP contribution in [0, 0.1) is 17.4 Å². The van der Waals surface area contributed by atoms with Gasteiger partial charge in [-0.1, -0.05) is 39.7 Å². The first-order chi connectivity index (χ1) is 9.02. The van der Waals surface area contributed by atoms with Crippen molar-refractivity contribution in [2.45, 2.75) is 19.9 Å². The molecule has 0 bridgehead atoms. The van der Waals surface area contributed by atoms with Gasteiger partial charge < -0.3 is 5.32 Å². The molecule has 0 amide bonds. The summed E-state index contributed by atoms with van der Waals surface area (Å²) in [7, 11) is 2.01. The molecule has 100 valence electrons. The van der Waals surface area contributed by atoms with Crippen molar-refractivity contribution in [1.82, 2.24) is 5.32 Å². The second-order valence-electron chi connectivity index (χ2n) is 4.75. The van der Waals surface area contributed by atoms with Gasteiger partial charge in [-0.25, -0.2) is 0 Å². The fourth-order valence-corrected chi connectivity index (χ4v) is 3.35. The molecule has 0 aliphatic carbocycles. The third-order valence-electron chi connectivity index (χ3n) is 3.29. The van der Waals surface area contributed by atoms with Gasteiger partial charge in [-0.05, 0) is 78.4 Å². The minimum atomic E-state index is 0.213. The molecule has 0 aliphatic heterocycles. The molecule has 19 heavy (non-hydrogen) atoms. The molecule has 2 rings (SSSR count). The van der Waals surface area contributed by atoms with E-state index < -0.39 is 0 Å². The van der Waals surface area contributed by atoms with Crippen LogP contribution in [0.1, 0.15) is 28.3 Å². The normalized spacial score (nSPS) is 12.5. The van der Waals surface area contributed by atoms with Gasteiger partial charge in [0.25, 0.3) is 0 Å². The van der Waals surface area contributed by atoms with Crippen LogP contribution in [-0.2, 0) is 0 Å². The Morgan fingerprint density at radius 1 is 1.05 bits per heavy atom. The third-order valence-corrected chi connectivity index (χ3v) is 4.69. The maximum atomic E-state index is 3.66. The van der Waals surface area contributed by atoms with Crippen LogP contribution >= 0.6 is 38.5 Å². The molecular weight excluding hydrogens is 413 g/mol. The van der Waals surface area contributed by atoms with Gasteiger partial charge >= 0.3 is 0 Å². The number of hydrogen-bond acceptors (Lipinski definition) is 1. The number of aryl methyl sites for hydroxylation is 2. The van der Waals surface area contributed by atoms with Crippen LogP contribution in [-0.4, -0.2) is 7.05 Å². The van der Waals surface area contributed by atoms with Crippen molar-refractivity contribution in [3.63, 3.8) is 0 Å². The quantitative estimate of drug-likeness (QED) is 0.678. The van der Waals surface area contributed by atoms with Gasteiger partial charge in [0, 0.05) is 8.04 Å². The van der Waals surface area contributed by atoms with Crippen LogP contribution in [0.3, 0.4) is 0 Å². The topological polar surface area (TPSA) is 12.0 Å². The maximum absolute atomic E-state index is 3.66. The summed E-state index contributed by atoms with van der Waals surface area (Å²) in [5.74, 6) is 0. The van der Waals surface area contributed by atoms with Gasteiger partial charge in [0.1, 0.15) is 0 Å². The zero-order chi connectivity index (χ0) is 14.0. The van der Waals surface area contributed by atoms with E-state index in [1.165, 1.54) is 25.8 Å². The van der Waals surface area contributed by atoms with Crippen LogP contribution in [0.2, 0.25) is 0 Å². The summed E-state index contributed by atoms with van der Waals surface area (Å²) < 4.78 is 2.40. The van der Waals surface area contributed by atoms with E-state index in [9.17, 15) is 0 Å². The summed E-state index contributed by atoms with van der Waals surface area (Å²) >= 11 is 6.02. The highest BCUT2D eigenvalue weighted by molar-refractivity contribution is 14.1. The molecule has 1 atom stereocenters. The lowest BCUT2D eigenvalue weighted by Gasteiger charge is -2.21. The van der Waals surface area contributed by atoms with Gasteiger partial charge in [-0.15, -0.1) is 0 Å². The monoisotopic (exact) mass is 429 g/mol. The highest BCUT2D eigenvalue weighted by atomic mass is 127. The van der Waals surface area contributed by atoms with Crippen LogP contribution in [0.5, 0.6) is 0 Å². The molecule has 0 spiro atoms. The first kappa shape index (κ1) is 15.0. The predicted octanol–water partition coefficient (Wildman–Crippen LogP) is 4.98. The predicted molar refractivity (Wildman–Crippen MR) is 93.7 cm³/mol. The van der Waals surface area contributed by atoms with Crippen molar-refractivity contribution in [2.75, 3.05) is 7.05 Å².